The summed E-state index contributed by atoms with van der Waals surface area (Å²) in [5.74, 6) is 0.865. The van der Waals surface area contributed by atoms with Gasteiger partial charge in [-0.3, -0.25) is 0 Å². The first-order valence-electron chi connectivity index (χ1n) is 6.41. The van der Waals surface area contributed by atoms with Crippen LogP contribution in [0.5, 0.6) is 0 Å². The van der Waals surface area contributed by atoms with Crippen molar-refractivity contribution in [3.63, 3.8) is 0 Å². The standard InChI is InChI=1S/C13H26N2O/c1-3-4-10-16-11-7-14-12-13-5-8-15(2)9-6-13/h3,13-14H,1,4-12H2,2H3. The van der Waals surface area contributed by atoms with Gasteiger partial charge < -0.3 is 15.0 Å². The molecular formula is C13H26N2O. The van der Waals surface area contributed by atoms with Gasteiger partial charge in [0.15, 0.2) is 0 Å². The molecule has 0 aliphatic carbocycles. The highest BCUT2D eigenvalue weighted by atomic mass is 16.5. The van der Waals surface area contributed by atoms with Gasteiger partial charge in [0.05, 0.1) is 13.2 Å². The van der Waals surface area contributed by atoms with E-state index in [1.165, 1.54) is 25.9 Å². The van der Waals surface area contributed by atoms with Crippen LogP contribution in [0.15, 0.2) is 12.7 Å². The topological polar surface area (TPSA) is 24.5 Å². The third-order valence-corrected chi connectivity index (χ3v) is 3.16. The molecule has 0 amide bonds. The average molecular weight is 226 g/mol. The van der Waals surface area contributed by atoms with Crippen molar-refractivity contribution in [3.8, 4) is 0 Å². The molecule has 1 rings (SSSR count). The fourth-order valence-corrected chi connectivity index (χ4v) is 1.99. The van der Waals surface area contributed by atoms with Crippen molar-refractivity contribution >= 4 is 0 Å². The van der Waals surface area contributed by atoms with E-state index in [0.29, 0.717) is 0 Å². The van der Waals surface area contributed by atoms with Gasteiger partial charge in [-0.25, -0.2) is 0 Å². The molecule has 1 fully saturated rings. The molecule has 1 aliphatic rings. The first-order chi connectivity index (χ1) is 7.83. The largest absolute Gasteiger partial charge is 0.380 e. The van der Waals surface area contributed by atoms with Crippen LogP contribution in [-0.4, -0.2) is 51.3 Å². The van der Waals surface area contributed by atoms with Gasteiger partial charge in [0.2, 0.25) is 0 Å². The van der Waals surface area contributed by atoms with Gasteiger partial charge in [0, 0.05) is 6.54 Å². The van der Waals surface area contributed by atoms with Gasteiger partial charge >= 0.3 is 0 Å². The van der Waals surface area contributed by atoms with E-state index in [-0.39, 0.29) is 0 Å². The predicted octanol–water partition coefficient (Wildman–Crippen LogP) is 1.51. The van der Waals surface area contributed by atoms with E-state index in [0.717, 1.165) is 38.6 Å². The molecule has 0 radical (unpaired) electrons. The van der Waals surface area contributed by atoms with E-state index in [1.807, 2.05) is 6.08 Å². The van der Waals surface area contributed by atoms with Crippen LogP contribution >= 0.6 is 0 Å². The predicted molar refractivity (Wildman–Crippen MR) is 68.7 cm³/mol. The summed E-state index contributed by atoms with van der Waals surface area (Å²) in [7, 11) is 2.21. The van der Waals surface area contributed by atoms with Gasteiger partial charge in [-0.1, -0.05) is 6.08 Å². The molecule has 0 aromatic rings. The molecule has 0 spiro atoms. The second kappa shape index (κ2) is 8.74. The van der Waals surface area contributed by atoms with Crippen LogP contribution in [0, 0.1) is 5.92 Å². The van der Waals surface area contributed by atoms with Gasteiger partial charge in [-0.05, 0) is 51.9 Å². The second-order valence-corrected chi connectivity index (χ2v) is 4.64. The lowest BCUT2D eigenvalue weighted by molar-refractivity contribution is 0.137. The van der Waals surface area contributed by atoms with Crippen molar-refractivity contribution in [2.75, 3.05) is 46.4 Å². The summed E-state index contributed by atoms with van der Waals surface area (Å²) in [4.78, 5) is 2.41. The molecule has 0 saturated carbocycles. The van der Waals surface area contributed by atoms with Crippen LogP contribution in [0.25, 0.3) is 0 Å². The van der Waals surface area contributed by atoms with E-state index in [9.17, 15) is 0 Å². The molecule has 1 heterocycles. The Labute approximate surface area is 99.8 Å². The Balaban J connectivity index is 1.85. The van der Waals surface area contributed by atoms with E-state index < -0.39 is 0 Å². The van der Waals surface area contributed by atoms with E-state index >= 15 is 0 Å². The molecule has 0 unspecified atom stereocenters. The van der Waals surface area contributed by atoms with Gasteiger partial charge in [0.25, 0.3) is 0 Å². The molecule has 0 atom stereocenters. The van der Waals surface area contributed by atoms with Crippen molar-refractivity contribution in [2.24, 2.45) is 5.92 Å². The van der Waals surface area contributed by atoms with Crippen LogP contribution in [0.3, 0.4) is 0 Å². The first kappa shape index (κ1) is 13.7. The number of ether oxygens (including phenoxy) is 1. The summed E-state index contributed by atoms with van der Waals surface area (Å²) in [5.41, 5.74) is 0. The molecule has 1 N–H and O–H groups in total. The Morgan fingerprint density at radius 1 is 1.38 bits per heavy atom. The van der Waals surface area contributed by atoms with Crippen molar-refractivity contribution in [3.05, 3.63) is 12.7 Å². The number of nitrogens with one attached hydrogen (secondary N) is 1. The Morgan fingerprint density at radius 3 is 2.81 bits per heavy atom. The zero-order valence-electron chi connectivity index (χ0n) is 10.6. The third kappa shape index (κ3) is 6.26. The number of hydrogen-bond donors (Lipinski definition) is 1. The Morgan fingerprint density at radius 2 is 2.12 bits per heavy atom. The maximum Gasteiger partial charge on any atom is 0.0591 e. The molecule has 3 heteroatoms. The van der Waals surface area contributed by atoms with Crippen LogP contribution in [0.2, 0.25) is 0 Å². The number of piperidine rings is 1. The van der Waals surface area contributed by atoms with Crippen LogP contribution in [0.4, 0.5) is 0 Å². The first-order valence-corrected chi connectivity index (χ1v) is 6.41. The molecule has 94 valence electrons. The monoisotopic (exact) mass is 226 g/mol. The lowest BCUT2D eigenvalue weighted by Crippen LogP contribution is -2.35. The quantitative estimate of drug-likeness (QED) is 0.501. The molecule has 16 heavy (non-hydrogen) atoms. The zero-order chi connectivity index (χ0) is 11.6. The summed E-state index contributed by atoms with van der Waals surface area (Å²) < 4.78 is 5.44. The maximum atomic E-state index is 5.44. The van der Waals surface area contributed by atoms with Gasteiger partial charge in [-0.2, -0.15) is 0 Å². The number of hydrogen-bond acceptors (Lipinski definition) is 3. The third-order valence-electron chi connectivity index (χ3n) is 3.16. The van der Waals surface area contributed by atoms with Crippen molar-refractivity contribution in [2.45, 2.75) is 19.3 Å². The molecule has 0 aromatic heterocycles. The van der Waals surface area contributed by atoms with Crippen molar-refractivity contribution in [1.29, 1.82) is 0 Å². The summed E-state index contributed by atoms with van der Waals surface area (Å²) in [6.45, 7) is 9.92. The molecule has 3 nitrogen and oxygen atoms in total. The lowest BCUT2D eigenvalue weighted by atomic mass is 9.97. The number of rotatable bonds is 8. The van der Waals surface area contributed by atoms with E-state index in [4.69, 9.17) is 4.74 Å². The second-order valence-electron chi connectivity index (χ2n) is 4.64. The minimum atomic E-state index is 0.805. The molecular weight excluding hydrogens is 200 g/mol. The molecule has 1 aliphatic heterocycles. The minimum Gasteiger partial charge on any atom is -0.380 e. The van der Waals surface area contributed by atoms with Gasteiger partial charge in [0.1, 0.15) is 0 Å². The zero-order valence-corrected chi connectivity index (χ0v) is 10.6. The highest BCUT2D eigenvalue weighted by Gasteiger charge is 2.15. The summed E-state index contributed by atoms with van der Waals surface area (Å²) in [5, 5.41) is 3.48. The lowest BCUT2D eigenvalue weighted by Gasteiger charge is -2.29. The number of likely N-dealkylation sites (tertiary alicyclic amines) is 1. The fourth-order valence-electron chi connectivity index (χ4n) is 1.99. The van der Waals surface area contributed by atoms with Crippen LogP contribution in [-0.2, 0) is 4.74 Å². The van der Waals surface area contributed by atoms with Gasteiger partial charge in [-0.15, -0.1) is 6.58 Å². The highest BCUT2D eigenvalue weighted by Crippen LogP contribution is 2.14. The summed E-state index contributed by atoms with van der Waals surface area (Å²) in [6.07, 6.45) is 5.52. The average Bonchev–Trinajstić information content (AvgIpc) is 2.30. The molecule has 1 saturated heterocycles. The Hall–Kier alpha value is -0.380. The van der Waals surface area contributed by atoms with E-state index in [2.05, 4.69) is 23.8 Å². The van der Waals surface area contributed by atoms with E-state index in [1.54, 1.807) is 0 Å². The molecule has 0 aromatic carbocycles. The summed E-state index contributed by atoms with van der Waals surface area (Å²) in [6, 6.07) is 0. The van der Waals surface area contributed by atoms with Crippen LogP contribution < -0.4 is 5.32 Å². The van der Waals surface area contributed by atoms with Crippen molar-refractivity contribution in [1.82, 2.24) is 10.2 Å². The molecule has 0 bridgehead atoms. The Kier molecular flexibility index (Phi) is 7.47. The minimum absolute atomic E-state index is 0.805. The SMILES string of the molecule is C=CCCOCCNCC1CCN(C)CC1. The smallest absolute Gasteiger partial charge is 0.0591 e. The number of nitrogens with zero attached hydrogens (tertiary/aromatic N) is 1. The Bertz CT molecular complexity index is 177. The summed E-state index contributed by atoms with van der Waals surface area (Å²) >= 11 is 0. The van der Waals surface area contributed by atoms with Crippen molar-refractivity contribution < 1.29 is 4.74 Å². The normalized spacial score (nSPS) is 18.8. The van der Waals surface area contributed by atoms with Crippen LogP contribution in [0.1, 0.15) is 19.3 Å². The fraction of sp³-hybridized carbons (Fsp3) is 0.846. The highest BCUT2D eigenvalue weighted by molar-refractivity contribution is 4.71. The maximum absolute atomic E-state index is 5.44.